The third-order valence-corrected chi connectivity index (χ3v) is 10.2. The number of aromatic amines is 1. The molecular formula is C32H27N. The second kappa shape index (κ2) is 5.70. The van der Waals surface area contributed by atoms with Gasteiger partial charge < -0.3 is 4.98 Å². The van der Waals surface area contributed by atoms with Crippen molar-refractivity contribution in [2.45, 2.75) is 37.5 Å². The Hall–Kier alpha value is -3.06. The number of rotatable bonds is 0. The molecule has 0 amide bonds. The molecule has 4 aromatic carbocycles. The van der Waals surface area contributed by atoms with Gasteiger partial charge in [-0.15, -0.1) is 0 Å². The molecule has 4 saturated carbocycles. The molecule has 1 spiro atoms. The first-order valence-corrected chi connectivity index (χ1v) is 12.9. The van der Waals surface area contributed by atoms with Crippen LogP contribution in [0.25, 0.3) is 43.7 Å². The Kier molecular flexibility index (Phi) is 3.01. The number of aromatic nitrogens is 1. The Morgan fingerprint density at radius 3 is 2.21 bits per heavy atom. The quantitative estimate of drug-likeness (QED) is 0.257. The highest BCUT2D eigenvalue weighted by atomic mass is 14.7. The van der Waals surface area contributed by atoms with Gasteiger partial charge >= 0.3 is 0 Å². The van der Waals surface area contributed by atoms with Gasteiger partial charge in [-0.25, -0.2) is 0 Å². The van der Waals surface area contributed by atoms with Crippen LogP contribution in [0.15, 0.2) is 72.8 Å². The van der Waals surface area contributed by atoms with Gasteiger partial charge in [-0.1, -0.05) is 54.6 Å². The third-order valence-electron chi connectivity index (χ3n) is 10.2. The Bertz CT molecular complexity index is 1610. The lowest BCUT2D eigenvalue weighted by Gasteiger charge is -2.61. The fraction of sp³-hybridized carbons (Fsp3) is 0.312. The molecule has 4 fully saturated rings. The SMILES string of the molecule is c1ccc2c(c1)-c1cc3[nH]c4ccc5ccccc5c4c3cc1C21C2CC3CC(C2)CC1C3. The van der Waals surface area contributed by atoms with Crippen molar-refractivity contribution in [3.8, 4) is 11.1 Å². The molecule has 0 saturated heterocycles. The summed E-state index contributed by atoms with van der Waals surface area (Å²) in [6, 6.07) is 28.0. The molecule has 33 heavy (non-hydrogen) atoms. The summed E-state index contributed by atoms with van der Waals surface area (Å²) in [6.07, 6.45) is 7.27. The Morgan fingerprint density at radius 2 is 1.36 bits per heavy atom. The van der Waals surface area contributed by atoms with Crippen LogP contribution in [0.1, 0.15) is 43.2 Å². The summed E-state index contributed by atoms with van der Waals surface area (Å²) in [5.41, 5.74) is 9.10. The van der Waals surface area contributed by atoms with E-state index in [2.05, 4.69) is 77.8 Å². The normalized spacial score (nSPS) is 31.2. The maximum Gasteiger partial charge on any atom is 0.0471 e. The standard InChI is InChI=1S/C32H27N/c1-2-6-23-20(5-1)9-10-29-31(23)26-16-28-25(17-30(26)33-29)24-7-3-4-8-27(24)32(28)21-12-18-11-19(14-21)15-22(32)13-18/h1-10,16-19,21-22,33H,11-15H2. The molecule has 5 aromatic rings. The van der Waals surface area contributed by atoms with Crippen LogP contribution in [0.5, 0.6) is 0 Å². The first-order valence-electron chi connectivity index (χ1n) is 12.9. The van der Waals surface area contributed by atoms with E-state index >= 15 is 0 Å². The lowest BCUT2D eigenvalue weighted by Crippen LogP contribution is -2.55. The molecular weight excluding hydrogens is 398 g/mol. The highest BCUT2D eigenvalue weighted by Crippen LogP contribution is 2.69. The molecule has 10 rings (SSSR count). The minimum absolute atomic E-state index is 0.238. The summed E-state index contributed by atoms with van der Waals surface area (Å²) in [5, 5.41) is 5.53. The van der Waals surface area contributed by atoms with Gasteiger partial charge in [0.25, 0.3) is 0 Å². The van der Waals surface area contributed by atoms with Gasteiger partial charge in [0.2, 0.25) is 0 Å². The summed E-state index contributed by atoms with van der Waals surface area (Å²) in [6.45, 7) is 0. The molecule has 5 aliphatic rings. The second-order valence-corrected chi connectivity index (χ2v) is 11.5. The summed E-state index contributed by atoms with van der Waals surface area (Å²) < 4.78 is 0. The van der Waals surface area contributed by atoms with Crippen LogP contribution < -0.4 is 0 Å². The van der Waals surface area contributed by atoms with E-state index in [-0.39, 0.29) is 5.41 Å². The van der Waals surface area contributed by atoms with Crippen LogP contribution in [0.3, 0.4) is 0 Å². The van der Waals surface area contributed by atoms with Crippen LogP contribution in [0, 0.1) is 23.7 Å². The number of benzene rings is 4. The molecule has 0 atom stereocenters. The molecule has 0 unspecified atom stereocenters. The zero-order valence-corrected chi connectivity index (χ0v) is 18.8. The smallest absolute Gasteiger partial charge is 0.0471 e. The molecule has 0 aliphatic heterocycles. The van der Waals surface area contributed by atoms with Crippen LogP contribution in [0.4, 0.5) is 0 Å². The van der Waals surface area contributed by atoms with E-state index in [1.165, 1.54) is 75.8 Å². The van der Waals surface area contributed by atoms with Crippen molar-refractivity contribution in [2.24, 2.45) is 23.7 Å². The summed E-state index contributed by atoms with van der Waals surface area (Å²) >= 11 is 0. The second-order valence-electron chi connectivity index (χ2n) is 11.5. The van der Waals surface area contributed by atoms with Crippen molar-refractivity contribution in [3.63, 3.8) is 0 Å². The van der Waals surface area contributed by atoms with Crippen LogP contribution in [-0.4, -0.2) is 4.98 Å². The zero-order chi connectivity index (χ0) is 21.3. The fourth-order valence-electron chi connectivity index (χ4n) is 9.32. The summed E-state index contributed by atoms with van der Waals surface area (Å²) in [5.74, 6) is 3.59. The molecule has 1 N–H and O–H groups in total. The first kappa shape index (κ1) is 17.4. The van der Waals surface area contributed by atoms with Crippen molar-refractivity contribution in [3.05, 3.63) is 83.9 Å². The lowest BCUT2D eigenvalue weighted by atomic mass is 9.43. The van der Waals surface area contributed by atoms with Crippen molar-refractivity contribution >= 4 is 32.6 Å². The van der Waals surface area contributed by atoms with Crippen molar-refractivity contribution in [1.29, 1.82) is 0 Å². The number of nitrogens with one attached hydrogen (secondary N) is 1. The Labute approximate surface area is 193 Å². The van der Waals surface area contributed by atoms with Gasteiger partial charge in [-0.2, -0.15) is 0 Å². The first-order chi connectivity index (χ1) is 16.3. The van der Waals surface area contributed by atoms with E-state index in [4.69, 9.17) is 0 Å². The largest absolute Gasteiger partial charge is 0.354 e. The van der Waals surface area contributed by atoms with Crippen molar-refractivity contribution in [1.82, 2.24) is 4.98 Å². The molecule has 4 bridgehead atoms. The highest BCUT2D eigenvalue weighted by molar-refractivity contribution is 6.21. The molecule has 1 heterocycles. The van der Waals surface area contributed by atoms with Gasteiger partial charge in [0.05, 0.1) is 0 Å². The van der Waals surface area contributed by atoms with Crippen LogP contribution >= 0.6 is 0 Å². The number of H-pyrrole nitrogens is 1. The predicted molar refractivity (Wildman–Crippen MR) is 137 cm³/mol. The molecule has 5 aliphatic carbocycles. The average molecular weight is 426 g/mol. The maximum absolute atomic E-state index is 3.79. The number of hydrogen-bond acceptors (Lipinski definition) is 0. The predicted octanol–water partition coefficient (Wildman–Crippen LogP) is 8.20. The topological polar surface area (TPSA) is 15.8 Å². The monoisotopic (exact) mass is 425 g/mol. The Balaban J connectivity index is 1.42. The van der Waals surface area contributed by atoms with Gasteiger partial charge in [-0.3, -0.25) is 0 Å². The maximum atomic E-state index is 3.79. The number of hydrogen-bond donors (Lipinski definition) is 1. The van der Waals surface area contributed by atoms with E-state index in [0.717, 1.165) is 23.7 Å². The Morgan fingerprint density at radius 1 is 0.606 bits per heavy atom. The van der Waals surface area contributed by atoms with E-state index in [9.17, 15) is 0 Å². The lowest BCUT2D eigenvalue weighted by molar-refractivity contribution is -0.0398. The van der Waals surface area contributed by atoms with E-state index in [1.807, 2.05) is 0 Å². The molecule has 160 valence electrons. The molecule has 1 heteroatoms. The van der Waals surface area contributed by atoms with E-state index < -0.39 is 0 Å². The molecule has 1 nitrogen and oxygen atoms in total. The zero-order valence-electron chi connectivity index (χ0n) is 18.8. The molecule has 0 radical (unpaired) electrons. The fourth-order valence-corrected chi connectivity index (χ4v) is 9.32. The average Bonchev–Trinajstić information content (AvgIpc) is 3.34. The van der Waals surface area contributed by atoms with Gasteiger partial charge in [0, 0.05) is 27.2 Å². The van der Waals surface area contributed by atoms with Crippen molar-refractivity contribution < 1.29 is 0 Å². The number of fused-ring (bicyclic) bond motifs is 8. The van der Waals surface area contributed by atoms with Crippen LogP contribution in [-0.2, 0) is 5.41 Å². The van der Waals surface area contributed by atoms with Gasteiger partial charge in [-0.05, 0) is 107 Å². The van der Waals surface area contributed by atoms with Gasteiger partial charge in [0.1, 0.15) is 0 Å². The molecule has 1 aromatic heterocycles. The van der Waals surface area contributed by atoms with Gasteiger partial charge in [0.15, 0.2) is 0 Å². The summed E-state index contributed by atoms with van der Waals surface area (Å²) in [4.78, 5) is 3.79. The van der Waals surface area contributed by atoms with E-state index in [1.54, 1.807) is 11.1 Å². The minimum Gasteiger partial charge on any atom is -0.354 e. The van der Waals surface area contributed by atoms with Crippen LogP contribution in [0.2, 0.25) is 0 Å². The highest BCUT2D eigenvalue weighted by Gasteiger charge is 2.61. The van der Waals surface area contributed by atoms with E-state index in [0.29, 0.717) is 0 Å². The summed E-state index contributed by atoms with van der Waals surface area (Å²) in [7, 11) is 0. The third kappa shape index (κ3) is 1.94. The minimum atomic E-state index is 0.238. The van der Waals surface area contributed by atoms with Crippen molar-refractivity contribution in [2.75, 3.05) is 0 Å².